The highest BCUT2D eigenvalue weighted by atomic mass is 19.1. The third-order valence-electron chi connectivity index (χ3n) is 3.50. The first-order chi connectivity index (χ1) is 12.5. The summed E-state index contributed by atoms with van der Waals surface area (Å²) in [6, 6.07) is 9.13. The quantitative estimate of drug-likeness (QED) is 0.295. The van der Waals surface area contributed by atoms with Crippen LogP contribution in [-0.4, -0.2) is 25.9 Å². The minimum Gasteiger partial charge on any atom is -0.419 e. The second kappa shape index (κ2) is 7.05. The second-order valence-corrected chi connectivity index (χ2v) is 5.23. The maximum Gasteiger partial charge on any atom is 0.313 e. The van der Waals surface area contributed by atoms with Crippen LogP contribution in [0, 0.1) is 15.9 Å². The molecule has 0 unspecified atom stereocenters. The number of hydrogen-bond donors (Lipinski definition) is 0. The summed E-state index contributed by atoms with van der Waals surface area (Å²) in [6.07, 6.45) is -0.305. The summed E-state index contributed by atoms with van der Waals surface area (Å²) in [5, 5.41) is 18.8. The number of aryl methyl sites for hydroxylation is 1. The van der Waals surface area contributed by atoms with Crippen LogP contribution in [0.3, 0.4) is 0 Å². The van der Waals surface area contributed by atoms with Crippen LogP contribution in [0.4, 0.5) is 10.1 Å². The van der Waals surface area contributed by atoms with Crippen molar-refractivity contribution in [3.05, 3.63) is 68.7 Å². The number of carbonyl (C=O) groups excluding carboxylic acids is 1. The van der Waals surface area contributed by atoms with Gasteiger partial charge < -0.3 is 4.74 Å². The summed E-state index contributed by atoms with van der Waals surface area (Å²) >= 11 is 0. The fourth-order valence-electron chi connectivity index (χ4n) is 2.26. The molecule has 2 aromatic carbocycles. The van der Waals surface area contributed by atoms with Crippen molar-refractivity contribution in [2.75, 3.05) is 0 Å². The monoisotopic (exact) mass is 358 g/mol. The molecule has 132 valence electrons. The van der Waals surface area contributed by atoms with E-state index in [0.717, 1.165) is 22.9 Å². The number of nitro benzene ring substituents is 1. The van der Waals surface area contributed by atoms with Crippen molar-refractivity contribution in [1.29, 1.82) is 0 Å². The van der Waals surface area contributed by atoms with E-state index < -0.39 is 33.7 Å². The predicted molar refractivity (Wildman–Crippen MR) is 87.1 cm³/mol. The van der Waals surface area contributed by atoms with Gasteiger partial charge in [0.25, 0.3) is 5.56 Å². The minimum atomic E-state index is -0.874. The SMILES string of the molecule is O=C(CCn1nnc2ccccc2c1=O)Oc1cc(F)ccc1[N+](=O)[O-]. The van der Waals surface area contributed by atoms with Crippen molar-refractivity contribution >= 4 is 22.6 Å². The maximum atomic E-state index is 13.2. The average molecular weight is 358 g/mol. The zero-order valence-corrected chi connectivity index (χ0v) is 13.2. The molecule has 0 fully saturated rings. The first-order valence-corrected chi connectivity index (χ1v) is 7.43. The number of hydrogen-bond acceptors (Lipinski definition) is 7. The Morgan fingerprint density at radius 2 is 2.04 bits per heavy atom. The molecular formula is C16H11FN4O5. The van der Waals surface area contributed by atoms with Crippen molar-refractivity contribution in [2.24, 2.45) is 0 Å². The van der Waals surface area contributed by atoms with Crippen molar-refractivity contribution in [3.63, 3.8) is 0 Å². The molecular weight excluding hydrogens is 347 g/mol. The van der Waals surface area contributed by atoms with E-state index in [1.165, 1.54) is 0 Å². The Morgan fingerprint density at radius 3 is 2.81 bits per heavy atom. The summed E-state index contributed by atoms with van der Waals surface area (Å²) in [4.78, 5) is 34.3. The molecule has 10 heteroatoms. The Hall–Kier alpha value is -3.69. The zero-order chi connectivity index (χ0) is 18.7. The van der Waals surface area contributed by atoms with E-state index in [9.17, 15) is 24.1 Å². The molecule has 0 saturated carbocycles. The molecule has 0 aliphatic rings. The minimum absolute atomic E-state index is 0.140. The van der Waals surface area contributed by atoms with E-state index in [1.807, 2.05) is 0 Å². The topological polar surface area (TPSA) is 117 Å². The number of nitrogens with zero attached hydrogens (tertiary/aromatic N) is 4. The number of halogens is 1. The smallest absolute Gasteiger partial charge is 0.313 e. The molecule has 0 bridgehead atoms. The van der Waals surface area contributed by atoms with E-state index in [1.54, 1.807) is 24.3 Å². The van der Waals surface area contributed by atoms with Gasteiger partial charge in [-0.1, -0.05) is 17.3 Å². The summed E-state index contributed by atoms with van der Waals surface area (Å²) in [5.74, 6) is -2.16. The van der Waals surface area contributed by atoms with Crippen molar-refractivity contribution in [3.8, 4) is 5.75 Å². The Bertz CT molecular complexity index is 1070. The molecule has 26 heavy (non-hydrogen) atoms. The molecule has 0 N–H and O–H groups in total. The lowest BCUT2D eigenvalue weighted by atomic mass is 10.2. The molecule has 3 rings (SSSR count). The van der Waals surface area contributed by atoms with Crippen LogP contribution >= 0.6 is 0 Å². The summed E-state index contributed by atoms with van der Waals surface area (Å²) in [6.45, 7) is -0.140. The van der Waals surface area contributed by atoms with Gasteiger partial charge in [-0.05, 0) is 18.2 Å². The highest BCUT2D eigenvalue weighted by Crippen LogP contribution is 2.27. The first-order valence-electron chi connectivity index (χ1n) is 7.43. The van der Waals surface area contributed by atoms with Crippen LogP contribution in [0.2, 0.25) is 0 Å². The molecule has 0 amide bonds. The zero-order valence-electron chi connectivity index (χ0n) is 13.2. The summed E-state index contributed by atoms with van der Waals surface area (Å²) < 4.78 is 19.1. The third-order valence-corrected chi connectivity index (χ3v) is 3.50. The highest BCUT2D eigenvalue weighted by Gasteiger charge is 2.19. The lowest BCUT2D eigenvalue weighted by Crippen LogP contribution is -2.26. The van der Waals surface area contributed by atoms with Crippen LogP contribution in [0.15, 0.2) is 47.3 Å². The number of esters is 1. The van der Waals surface area contributed by atoms with Crippen LogP contribution in [0.25, 0.3) is 10.9 Å². The second-order valence-electron chi connectivity index (χ2n) is 5.23. The van der Waals surface area contributed by atoms with Crippen molar-refractivity contribution in [1.82, 2.24) is 15.0 Å². The van der Waals surface area contributed by atoms with E-state index >= 15 is 0 Å². The molecule has 0 saturated heterocycles. The van der Waals surface area contributed by atoms with Crippen LogP contribution < -0.4 is 10.3 Å². The molecule has 0 aliphatic carbocycles. The molecule has 0 aliphatic heterocycles. The lowest BCUT2D eigenvalue weighted by Gasteiger charge is -2.06. The molecule has 1 aromatic heterocycles. The van der Waals surface area contributed by atoms with Gasteiger partial charge in [0.05, 0.1) is 23.3 Å². The average Bonchev–Trinajstić information content (AvgIpc) is 2.61. The molecule has 9 nitrogen and oxygen atoms in total. The van der Waals surface area contributed by atoms with Gasteiger partial charge in [0.2, 0.25) is 5.75 Å². The molecule has 0 spiro atoms. The number of fused-ring (bicyclic) bond motifs is 1. The molecule has 0 radical (unpaired) electrons. The van der Waals surface area contributed by atoms with Gasteiger partial charge in [-0.2, -0.15) is 0 Å². The highest BCUT2D eigenvalue weighted by molar-refractivity contribution is 5.76. The maximum absolute atomic E-state index is 13.2. The van der Waals surface area contributed by atoms with Crippen LogP contribution in [-0.2, 0) is 11.3 Å². The molecule has 3 aromatic rings. The standard InChI is InChI=1S/C16H11FN4O5/c17-10-5-6-13(21(24)25)14(9-10)26-15(22)7-8-20-16(23)11-3-1-2-4-12(11)18-19-20/h1-6,9H,7-8H2. The first kappa shape index (κ1) is 17.1. The van der Waals surface area contributed by atoms with Gasteiger partial charge in [-0.25, -0.2) is 9.07 Å². The third kappa shape index (κ3) is 3.53. The van der Waals surface area contributed by atoms with Crippen LogP contribution in [0.5, 0.6) is 5.75 Å². The van der Waals surface area contributed by atoms with E-state index in [4.69, 9.17) is 4.74 Å². The fourth-order valence-corrected chi connectivity index (χ4v) is 2.26. The lowest BCUT2D eigenvalue weighted by molar-refractivity contribution is -0.385. The Balaban J connectivity index is 1.74. The van der Waals surface area contributed by atoms with Crippen molar-refractivity contribution in [2.45, 2.75) is 13.0 Å². The predicted octanol–water partition coefficient (Wildman–Crippen LogP) is 1.83. The van der Waals surface area contributed by atoms with E-state index in [2.05, 4.69) is 10.3 Å². The Morgan fingerprint density at radius 1 is 1.27 bits per heavy atom. The summed E-state index contributed by atoms with van der Waals surface area (Å²) in [5.41, 5.74) is -0.547. The molecule has 1 heterocycles. The van der Waals surface area contributed by atoms with Crippen molar-refractivity contribution < 1.29 is 18.8 Å². The number of ether oxygens (including phenoxy) is 1. The fraction of sp³-hybridized carbons (Fsp3) is 0.125. The van der Waals surface area contributed by atoms with E-state index in [0.29, 0.717) is 10.9 Å². The largest absolute Gasteiger partial charge is 0.419 e. The Labute approximate surface area is 144 Å². The van der Waals surface area contributed by atoms with Gasteiger partial charge in [0.1, 0.15) is 11.3 Å². The van der Waals surface area contributed by atoms with Gasteiger partial charge in [0.15, 0.2) is 0 Å². The normalized spacial score (nSPS) is 10.7. The van der Waals surface area contributed by atoms with Gasteiger partial charge in [-0.3, -0.25) is 19.7 Å². The van der Waals surface area contributed by atoms with Gasteiger partial charge >= 0.3 is 11.7 Å². The Kier molecular flexibility index (Phi) is 4.65. The van der Waals surface area contributed by atoms with Crippen LogP contribution in [0.1, 0.15) is 6.42 Å². The molecule has 0 atom stereocenters. The number of rotatable bonds is 5. The van der Waals surface area contributed by atoms with E-state index in [-0.39, 0.29) is 13.0 Å². The number of carbonyl (C=O) groups is 1. The van der Waals surface area contributed by atoms with Gasteiger partial charge in [-0.15, -0.1) is 5.10 Å². The summed E-state index contributed by atoms with van der Waals surface area (Å²) in [7, 11) is 0. The van der Waals surface area contributed by atoms with Gasteiger partial charge in [0, 0.05) is 12.1 Å². The number of benzene rings is 2. The number of nitro groups is 1. The number of aromatic nitrogens is 3.